The van der Waals surface area contributed by atoms with Gasteiger partial charge in [0.05, 0.1) is 80.7 Å². The zero-order chi connectivity index (χ0) is 103. The topological polar surface area (TPSA) is 308 Å². The number of thioether (sulfide) groups is 1. The molecule has 1 N–H and O–H groups in total. The summed E-state index contributed by atoms with van der Waals surface area (Å²) in [5.41, 5.74) is 20.4. The van der Waals surface area contributed by atoms with Gasteiger partial charge in [0.15, 0.2) is 11.8 Å². The molecule has 25 heterocycles. The number of rotatable bonds is 0. The molecule has 3 aliphatic carbocycles. The normalized spacial score (nSPS) is 27.2. The predicted molar refractivity (Wildman–Crippen MR) is 563 cm³/mol. The summed E-state index contributed by atoms with van der Waals surface area (Å²) in [5, 5.41) is 10.1. The number of aromatic amines is 1. The number of aromatic nitrogens is 7. The van der Waals surface area contributed by atoms with Crippen molar-refractivity contribution >= 4 is 81.3 Å². The molecule has 28 rings (SSSR count). The highest BCUT2D eigenvalue weighted by atomic mass is 32.2. The molecule has 0 spiro atoms. The molecule has 6 aromatic heterocycles. The van der Waals surface area contributed by atoms with Gasteiger partial charge in [0.2, 0.25) is 23.6 Å². The molecule has 19 aliphatic heterocycles. The van der Waals surface area contributed by atoms with Crippen molar-refractivity contribution in [1.82, 2.24) is 117 Å². The molecule has 6 aromatic rings. The molecule has 786 valence electrons. The Morgan fingerprint density at radius 1 is 0.354 bits per heavy atom. The minimum absolute atomic E-state index is 0.00523. The van der Waals surface area contributed by atoms with Crippen molar-refractivity contribution < 1.29 is 47.5 Å². The van der Waals surface area contributed by atoms with Crippen LogP contribution in [0.5, 0.6) is 0 Å². The summed E-state index contributed by atoms with van der Waals surface area (Å²) in [7, 11) is 39.8. The number of imide groups is 4. The first-order valence-corrected chi connectivity index (χ1v) is 53.2. The fourth-order valence-corrected chi connectivity index (χ4v) is 26.4. The predicted octanol–water partition coefficient (Wildman–Crippen LogP) is 6.85. The van der Waals surface area contributed by atoms with Gasteiger partial charge in [-0.2, -0.15) is 5.10 Å². The summed E-state index contributed by atoms with van der Waals surface area (Å²) in [6, 6.07) is 1.03. The van der Waals surface area contributed by atoms with Crippen LogP contribution in [-0.4, -0.2) is 436 Å². The quantitative estimate of drug-likeness (QED) is 0.120. The van der Waals surface area contributed by atoms with E-state index >= 15 is 0 Å². The number of hydrogen-bond acceptors (Lipinski definition) is 30. The SMILES string of the molecule is CC1=NC2CN(C)CC2O1.CC1=NC2CN(C)CC2S1.CN1C(=O)C2CCCC2C1=O.CN1C(=O)c2cn(C)cc2C1=O.CN1CC2=C(C1)C(=O)N(C)C2=O.CN1CC2=C(C1)CN(C)C2.CN1CC2=C(CCC2)C1.CN1CC2C(=O)N(C)C(=O)C2C1.CN1CC2CN(C)CC2C1.CN1Cc2cn(C)cc2C1.CN1Cc2cn[nH]c2C1.Cc1nc2c(o1)CN(C)C2.Cc1nc2c(s1)CN(C)C2.Cn1cc2c(c1)CCC2. The number of aliphatic imine (C=N–C) groups is 2. The first kappa shape index (κ1) is 109. The van der Waals surface area contributed by atoms with Crippen LogP contribution in [0.15, 0.2) is 91.2 Å². The second-order valence-electron chi connectivity index (χ2n) is 44.3. The maximum Gasteiger partial charge on any atom is 0.262 e. The molecule has 1 saturated carbocycles. The Balaban J connectivity index is 0.000000117. The highest BCUT2D eigenvalue weighted by Gasteiger charge is 2.51. The lowest BCUT2D eigenvalue weighted by Crippen LogP contribution is -2.32. The van der Waals surface area contributed by atoms with E-state index in [0.717, 1.165) is 150 Å². The number of H-pyrrole nitrogens is 1. The van der Waals surface area contributed by atoms with Crippen LogP contribution in [0.25, 0.3) is 0 Å². The number of fused-ring (bicyclic) bond motifs is 11. The number of thiazole rings is 1. The molecular formula is C106H160N26O10S2. The van der Waals surface area contributed by atoms with E-state index in [1.807, 2.05) is 67.0 Å². The number of oxazole rings is 1. The molecule has 7 saturated heterocycles. The largest absolute Gasteiger partial charge is 0.474 e. The standard InChI is InChI=1S/C8H12N2O2.C8H10N2O2.C8H8N2O2.C8H16N2.C8H14N2.C8H12N2.C8H11NO2.C8H13N.C8H11N.C7H12N2O.C7H10N2O.C7H12N2S.C7H10N2S.C6H9N3/c3*1-9-3-5-6(4-9)8(12)10(2)7(5)11;3*1-9-3-7-5-10(2)6-8(7)4-9;1-9-7(10)5-3-2-4-6(5)8(9)11;2*1-9-5-7-3-2-4-8(7)6-9;4*1-5-8-6-3-9(2)4-7(6)10-5;1-9-3-5-2-7-8-6(5)4-9/h5-6H,3-4H2,1-2H3;3-4H2,1-2H3;3-4H,1-2H3;7-8H,3-6H2,1-2H3;3-6H2,1-2H3;3-4H,5-6H2,1-2H3;5-6H,2-4H2,1H3;2-6H2,1H3;5-6H,2-4H2,1H3;6-7H,3-4H2,1-2H3;3-4H2,1-2H3;6-7H,3-4H2,1-2H3;3-4H2,1-2H3;2H,3-4H2,1H3,(H,7,8). The van der Waals surface area contributed by atoms with E-state index in [9.17, 15) is 38.4 Å². The Labute approximate surface area is 860 Å². The van der Waals surface area contributed by atoms with Gasteiger partial charge in [0.25, 0.3) is 23.6 Å². The molecule has 38 heteroatoms. The van der Waals surface area contributed by atoms with Crippen molar-refractivity contribution in [2.45, 2.75) is 161 Å². The monoisotopic (exact) mass is 2020 g/mol. The number of carbonyl (C=O) groups is 8. The summed E-state index contributed by atoms with van der Waals surface area (Å²) in [5.74, 6) is 4.00. The zero-order valence-electron chi connectivity index (χ0n) is 90.1. The van der Waals surface area contributed by atoms with Crippen molar-refractivity contribution in [1.29, 1.82) is 0 Å². The zero-order valence-corrected chi connectivity index (χ0v) is 91.8. The smallest absolute Gasteiger partial charge is 0.262 e. The van der Waals surface area contributed by atoms with E-state index in [2.05, 4.69) is 223 Å². The number of carbonyl (C=O) groups excluding carboxylic acids is 8. The highest BCUT2D eigenvalue weighted by molar-refractivity contribution is 8.14. The van der Waals surface area contributed by atoms with Gasteiger partial charge >= 0.3 is 0 Å². The molecule has 0 aromatic carbocycles. The van der Waals surface area contributed by atoms with Gasteiger partial charge in [-0.25, -0.2) is 15.0 Å². The van der Waals surface area contributed by atoms with E-state index in [0.29, 0.717) is 53.6 Å². The van der Waals surface area contributed by atoms with E-state index in [4.69, 9.17) is 9.15 Å². The molecule has 8 fully saturated rings. The Morgan fingerprint density at radius 2 is 0.778 bits per heavy atom. The van der Waals surface area contributed by atoms with Crippen LogP contribution in [0, 0.1) is 49.4 Å². The van der Waals surface area contributed by atoms with Gasteiger partial charge in [0, 0.05) is 291 Å². The van der Waals surface area contributed by atoms with Gasteiger partial charge in [0.1, 0.15) is 17.9 Å². The maximum atomic E-state index is 11.4. The van der Waals surface area contributed by atoms with Crippen LogP contribution in [0.2, 0.25) is 0 Å². The van der Waals surface area contributed by atoms with Crippen molar-refractivity contribution in [3.8, 4) is 0 Å². The molecule has 22 aliphatic rings. The summed E-state index contributed by atoms with van der Waals surface area (Å²) in [6.07, 6.45) is 25.5. The second kappa shape index (κ2) is 47.4. The van der Waals surface area contributed by atoms with E-state index < -0.39 is 0 Å². The van der Waals surface area contributed by atoms with Crippen LogP contribution in [0.1, 0.15) is 146 Å². The number of aryl methyl sites for hydroxylation is 7. The van der Waals surface area contributed by atoms with E-state index in [1.54, 1.807) is 71.5 Å². The van der Waals surface area contributed by atoms with Crippen LogP contribution in [-0.2, 0) is 120 Å². The minimum Gasteiger partial charge on any atom is -0.474 e. The molecule has 8 atom stereocenters. The van der Waals surface area contributed by atoms with Crippen molar-refractivity contribution in [2.24, 2.45) is 66.6 Å². The van der Waals surface area contributed by atoms with Gasteiger partial charge in [-0.05, 0) is 202 Å². The number of nitrogens with one attached hydrogen (secondary N) is 1. The first-order chi connectivity index (χ1) is 68.4. The average molecular weight is 2020 g/mol. The van der Waals surface area contributed by atoms with Gasteiger partial charge < -0.3 is 47.4 Å². The number of nitrogens with zero attached hydrogens (tertiary/aromatic N) is 25. The first-order valence-electron chi connectivity index (χ1n) is 51.5. The molecule has 0 bridgehead atoms. The molecule has 8 amide bonds. The summed E-state index contributed by atoms with van der Waals surface area (Å²) >= 11 is 3.78. The van der Waals surface area contributed by atoms with Gasteiger partial charge in [-0.15, -0.1) is 23.1 Å². The van der Waals surface area contributed by atoms with Crippen LogP contribution in [0.3, 0.4) is 0 Å². The number of hydrogen-bond donors (Lipinski definition) is 1. The number of amides is 8. The van der Waals surface area contributed by atoms with Crippen LogP contribution in [0.4, 0.5) is 0 Å². The lowest BCUT2D eigenvalue weighted by atomic mass is 10.00. The van der Waals surface area contributed by atoms with Crippen molar-refractivity contribution in [2.75, 3.05) is 238 Å². The number of likely N-dealkylation sites (N-methyl/N-ethyl adjacent to an activating group) is 7. The maximum absolute atomic E-state index is 11.4. The average Bonchev–Trinajstić information content (AvgIpc) is 1.62. The fourth-order valence-electron chi connectivity index (χ4n) is 24.1. The molecule has 36 nitrogen and oxygen atoms in total. The fraction of sp³-hybridized carbons (Fsp3) is 0.651. The summed E-state index contributed by atoms with van der Waals surface area (Å²) in [6.45, 7) is 36.1. The van der Waals surface area contributed by atoms with Crippen LogP contribution < -0.4 is 0 Å². The minimum atomic E-state index is -0.212. The number of likely N-dealkylation sites (tertiary alicyclic amines) is 8. The van der Waals surface area contributed by atoms with Gasteiger partial charge in [-0.3, -0.25) is 107 Å². The Morgan fingerprint density at radius 3 is 1.28 bits per heavy atom. The Hall–Kier alpha value is -9.36. The summed E-state index contributed by atoms with van der Waals surface area (Å²) < 4.78 is 16.8. The third-order valence-electron chi connectivity index (χ3n) is 30.9. The number of ether oxygens (including phenoxy) is 1. The summed E-state index contributed by atoms with van der Waals surface area (Å²) in [4.78, 5) is 144. The van der Waals surface area contributed by atoms with Gasteiger partial charge in [-0.1, -0.05) is 17.6 Å². The third-order valence-corrected chi connectivity index (χ3v) is 33.1. The Bertz CT molecular complexity index is 5340. The lowest BCUT2D eigenvalue weighted by molar-refractivity contribution is -0.140. The Kier molecular flexibility index (Phi) is 35.9. The molecular weight excluding hydrogens is 1860 g/mol. The third kappa shape index (κ3) is 26.5. The molecule has 8 unspecified atom stereocenters. The van der Waals surface area contributed by atoms with Crippen molar-refractivity contribution in [3.63, 3.8) is 0 Å². The van der Waals surface area contributed by atoms with Crippen LogP contribution >= 0.6 is 23.1 Å². The molecule has 0 radical (unpaired) electrons. The van der Waals surface area contributed by atoms with E-state index in [1.165, 1.54) is 182 Å². The van der Waals surface area contributed by atoms with Crippen molar-refractivity contribution in [3.05, 3.63) is 154 Å². The lowest BCUT2D eigenvalue weighted by Gasteiger charge is -2.14. The second-order valence-corrected chi connectivity index (χ2v) is 47.0. The van der Waals surface area contributed by atoms with E-state index in [-0.39, 0.29) is 70.9 Å². The molecule has 144 heavy (non-hydrogen) atoms. The highest BCUT2D eigenvalue weighted by Crippen LogP contribution is 2.41.